The van der Waals surface area contributed by atoms with Gasteiger partial charge in [0, 0.05) is 24.6 Å². The van der Waals surface area contributed by atoms with Crippen LogP contribution in [0.15, 0.2) is 42.6 Å². The Hall–Kier alpha value is -1.98. The second kappa shape index (κ2) is 7.06. The van der Waals surface area contributed by atoms with Crippen molar-refractivity contribution in [3.05, 3.63) is 59.1 Å². The van der Waals surface area contributed by atoms with E-state index in [9.17, 15) is 9.18 Å². The van der Waals surface area contributed by atoms with Crippen molar-refractivity contribution in [2.75, 3.05) is 11.9 Å². The number of nitrogens with zero attached hydrogens (tertiary/aromatic N) is 1. The zero-order valence-corrected chi connectivity index (χ0v) is 13.3. The van der Waals surface area contributed by atoms with Gasteiger partial charge in [0.1, 0.15) is 12.4 Å². The molecule has 2 aromatic rings. The lowest BCUT2D eigenvalue weighted by Gasteiger charge is -2.19. The van der Waals surface area contributed by atoms with Crippen LogP contribution < -0.4 is 10.2 Å². The fraction of sp³-hybridized carbons (Fsp3) is 0.294. The second-order valence-electron chi connectivity index (χ2n) is 5.77. The number of hydrogen-bond donors (Lipinski definition) is 2. The summed E-state index contributed by atoms with van der Waals surface area (Å²) in [5, 5.41) is 3.04. The number of amides is 1. The van der Waals surface area contributed by atoms with Gasteiger partial charge in [-0.05, 0) is 18.2 Å². The van der Waals surface area contributed by atoms with Crippen LogP contribution in [0, 0.1) is 5.82 Å². The van der Waals surface area contributed by atoms with Crippen LogP contribution in [0.1, 0.15) is 18.4 Å². The minimum Gasteiger partial charge on any atom is -0.321 e. The first-order valence-corrected chi connectivity index (χ1v) is 7.99. The summed E-state index contributed by atoms with van der Waals surface area (Å²) in [7, 11) is 0. The highest BCUT2D eigenvalue weighted by Gasteiger charge is 2.35. The van der Waals surface area contributed by atoms with Crippen LogP contribution in [0.2, 0.25) is 5.15 Å². The van der Waals surface area contributed by atoms with E-state index in [2.05, 4.69) is 10.3 Å². The summed E-state index contributed by atoms with van der Waals surface area (Å²) in [5.41, 5.74) is 1.14. The van der Waals surface area contributed by atoms with E-state index in [1.807, 2.05) is 6.07 Å². The van der Waals surface area contributed by atoms with E-state index < -0.39 is 0 Å². The Morgan fingerprint density at radius 1 is 1.30 bits per heavy atom. The molecule has 3 rings (SSSR count). The van der Waals surface area contributed by atoms with E-state index in [4.69, 9.17) is 11.6 Å². The van der Waals surface area contributed by atoms with Gasteiger partial charge in [0.15, 0.2) is 11.7 Å². The monoisotopic (exact) mass is 334 g/mol. The van der Waals surface area contributed by atoms with Gasteiger partial charge in [-0.1, -0.05) is 29.8 Å². The molecule has 1 aromatic heterocycles. The molecule has 0 aliphatic heterocycles. The number of rotatable bonds is 6. The van der Waals surface area contributed by atoms with Crippen LogP contribution in [0.25, 0.3) is 0 Å². The summed E-state index contributed by atoms with van der Waals surface area (Å²) in [5.74, 6) is -0.362. The molecule has 1 amide bonds. The van der Waals surface area contributed by atoms with E-state index in [1.54, 1.807) is 30.5 Å². The number of pyridine rings is 1. The summed E-state index contributed by atoms with van der Waals surface area (Å²) in [6.07, 6.45) is 3.72. The Balaban J connectivity index is 1.65. The number of halogens is 2. The molecule has 0 bridgehead atoms. The number of anilines is 1. The molecular formula is C17H18ClFN3O+. The number of hydrogen-bond acceptors (Lipinski definition) is 2. The molecule has 0 radical (unpaired) electrons. The van der Waals surface area contributed by atoms with Crippen molar-refractivity contribution >= 4 is 23.2 Å². The Morgan fingerprint density at radius 2 is 2.09 bits per heavy atom. The first-order chi connectivity index (χ1) is 11.1. The fourth-order valence-corrected chi connectivity index (χ4v) is 2.78. The number of carbonyl (C=O) groups is 1. The standard InChI is InChI=1S/C17H17ClFN3O/c18-17-15(6-3-9-20-17)21-16(23)11-22(13-7-8-13)10-12-4-1-2-5-14(12)19/h1-6,9,13H,7-8,10-11H2,(H,21,23)/p+1. The van der Waals surface area contributed by atoms with Crippen molar-refractivity contribution in [3.8, 4) is 0 Å². The van der Waals surface area contributed by atoms with Crippen LogP contribution in [-0.4, -0.2) is 23.5 Å². The molecule has 2 N–H and O–H groups in total. The fourth-order valence-electron chi connectivity index (χ4n) is 2.61. The predicted octanol–water partition coefficient (Wildman–Crippen LogP) is 2.06. The Kier molecular flexibility index (Phi) is 4.88. The minimum absolute atomic E-state index is 0.141. The van der Waals surface area contributed by atoms with Crippen LogP contribution in [0.5, 0.6) is 0 Å². The third kappa shape index (κ3) is 4.27. The van der Waals surface area contributed by atoms with Gasteiger partial charge in [0.25, 0.3) is 5.91 Å². The molecular weight excluding hydrogens is 317 g/mol. The molecule has 0 spiro atoms. The quantitative estimate of drug-likeness (QED) is 0.794. The minimum atomic E-state index is -0.221. The van der Waals surface area contributed by atoms with Crippen LogP contribution in [0.3, 0.4) is 0 Å². The van der Waals surface area contributed by atoms with Crippen molar-refractivity contribution in [1.82, 2.24) is 4.98 Å². The van der Waals surface area contributed by atoms with E-state index in [0.717, 1.165) is 17.7 Å². The van der Waals surface area contributed by atoms with Crippen molar-refractivity contribution in [3.63, 3.8) is 0 Å². The third-order valence-electron chi connectivity index (χ3n) is 3.95. The molecule has 1 atom stereocenters. The maximum absolute atomic E-state index is 13.8. The lowest BCUT2D eigenvalue weighted by Crippen LogP contribution is -3.13. The first kappa shape index (κ1) is 15.9. The van der Waals surface area contributed by atoms with Gasteiger partial charge < -0.3 is 10.2 Å². The number of benzene rings is 1. The summed E-state index contributed by atoms with van der Waals surface area (Å²) >= 11 is 5.95. The lowest BCUT2D eigenvalue weighted by atomic mass is 10.2. The van der Waals surface area contributed by atoms with Crippen molar-refractivity contribution in [2.45, 2.75) is 25.4 Å². The zero-order chi connectivity index (χ0) is 16.2. The normalized spacial score (nSPS) is 15.2. The maximum atomic E-state index is 13.8. The number of nitrogens with one attached hydrogen (secondary N) is 2. The first-order valence-electron chi connectivity index (χ1n) is 7.62. The summed E-state index contributed by atoms with van der Waals surface area (Å²) in [4.78, 5) is 17.3. The van der Waals surface area contributed by atoms with Crippen LogP contribution in [-0.2, 0) is 11.3 Å². The van der Waals surface area contributed by atoms with Gasteiger partial charge in [-0.2, -0.15) is 0 Å². The molecule has 1 unspecified atom stereocenters. The summed E-state index contributed by atoms with van der Waals surface area (Å²) < 4.78 is 13.8. The van der Waals surface area contributed by atoms with Gasteiger partial charge >= 0.3 is 0 Å². The summed E-state index contributed by atoms with van der Waals surface area (Å²) in [6, 6.07) is 10.6. The van der Waals surface area contributed by atoms with Gasteiger partial charge in [-0.15, -0.1) is 0 Å². The highest BCUT2D eigenvalue weighted by atomic mass is 35.5. The van der Waals surface area contributed by atoms with Crippen LogP contribution in [0.4, 0.5) is 10.1 Å². The topological polar surface area (TPSA) is 46.4 Å². The van der Waals surface area contributed by atoms with E-state index >= 15 is 0 Å². The van der Waals surface area contributed by atoms with E-state index in [-0.39, 0.29) is 23.4 Å². The maximum Gasteiger partial charge on any atom is 0.279 e. The Labute approximate surface area is 139 Å². The molecule has 1 aliphatic carbocycles. The molecule has 1 aromatic carbocycles. The number of aromatic nitrogens is 1. The van der Waals surface area contributed by atoms with Gasteiger partial charge in [0.05, 0.1) is 11.7 Å². The molecule has 1 saturated carbocycles. The van der Waals surface area contributed by atoms with Crippen molar-refractivity contribution < 1.29 is 14.1 Å². The SMILES string of the molecule is O=C(C[NH+](Cc1ccccc1F)C1CC1)Nc1cccnc1Cl. The van der Waals surface area contributed by atoms with Crippen LogP contribution >= 0.6 is 11.6 Å². The molecule has 4 nitrogen and oxygen atoms in total. The number of carbonyl (C=O) groups excluding carboxylic acids is 1. The van der Waals surface area contributed by atoms with Gasteiger partial charge in [-0.3, -0.25) is 4.79 Å². The molecule has 1 aliphatic rings. The molecule has 1 heterocycles. The average Bonchev–Trinajstić information content (AvgIpc) is 3.36. The van der Waals surface area contributed by atoms with Crippen molar-refractivity contribution in [2.24, 2.45) is 0 Å². The zero-order valence-electron chi connectivity index (χ0n) is 12.6. The Bertz CT molecular complexity index is 706. The molecule has 1 fully saturated rings. The second-order valence-corrected chi connectivity index (χ2v) is 6.13. The largest absolute Gasteiger partial charge is 0.321 e. The average molecular weight is 335 g/mol. The number of quaternary nitrogens is 1. The lowest BCUT2D eigenvalue weighted by molar-refractivity contribution is -0.917. The third-order valence-corrected chi connectivity index (χ3v) is 4.25. The van der Waals surface area contributed by atoms with E-state index in [1.165, 1.54) is 6.07 Å². The smallest absolute Gasteiger partial charge is 0.279 e. The van der Waals surface area contributed by atoms with Gasteiger partial charge in [-0.25, -0.2) is 9.37 Å². The Morgan fingerprint density at radius 3 is 2.78 bits per heavy atom. The molecule has 120 valence electrons. The molecule has 6 heteroatoms. The van der Waals surface area contributed by atoms with E-state index in [0.29, 0.717) is 23.8 Å². The predicted molar refractivity (Wildman–Crippen MR) is 86.8 cm³/mol. The highest BCUT2D eigenvalue weighted by molar-refractivity contribution is 6.32. The molecule has 0 saturated heterocycles. The molecule has 23 heavy (non-hydrogen) atoms. The highest BCUT2D eigenvalue weighted by Crippen LogP contribution is 2.18. The summed E-state index contributed by atoms with van der Waals surface area (Å²) in [6.45, 7) is 0.787. The van der Waals surface area contributed by atoms with Crippen molar-refractivity contribution in [1.29, 1.82) is 0 Å². The van der Waals surface area contributed by atoms with Gasteiger partial charge in [0.2, 0.25) is 0 Å².